The highest BCUT2D eigenvalue weighted by atomic mass is 35.5. The average Bonchev–Trinajstić information content (AvgIpc) is 2.34. The Morgan fingerprint density at radius 1 is 1.18 bits per heavy atom. The number of hydrogen-bond acceptors (Lipinski definition) is 2. The molecular formula is C18H28ClNOS. The van der Waals surface area contributed by atoms with Gasteiger partial charge in [-0.2, -0.15) is 0 Å². The van der Waals surface area contributed by atoms with Gasteiger partial charge in [-0.15, -0.1) is 11.8 Å². The number of rotatable bonds is 6. The molecule has 0 spiro atoms. The quantitative estimate of drug-likeness (QED) is 0.688. The second-order valence-electron chi connectivity index (χ2n) is 7.58. The molecule has 0 fully saturated rings. The summed E-state index contributed by atoms with van der Waals surface area (Å²) in [6.07, 6.45) is 1.73. The van der Waals surface area contributed by atoms with Gasteiger partial charge in [0.25, 0.3) is 0 Å². The topological polar surface area (TPSA) is 29.1 Å². The molecule has 124 valence electrons. The summed E-state index contributed by atoms with van der Waals surface area (Å²) in [4.78, 5) is 13.7. The van der Waals surface area contributed by atoms with E-state index in [-0.39, 0.29) is 22.1 Å². The molecular weight excluding hydrogens is 314 g/mol. The average molecular weight is 342 g/mol. The smallest absolute Gasteiger partial charge is 0.233 e. The lowest BCUT2D eigenvalue weighted by atomic mass is 9.82. The first kappa shape index (κ1) is 19.4. The molecule has 1 N–H and O–H groups in total. The summed E-state index contributed by atoms with van der Waals surface area (Å²) in [5, 5.41) is 3.84. The number of halogens is 1. The van der Waals surface area contributed by atoms with Gasteiger partial charge in [-0.25, -0.2) is 0 Å². The molecule has 0 aromatic heterocycles. The van der Waals surface area contributed by atoms with Crippen molar-refractivity contribution in [3.05, 3.63) is 29.3 Å². The Kier molecular flexibility index (Phi) is 6.82. The van der Waals surface area contributed by atoms with Crippen LogP contribution in [-0.2, 0) is 4.79 Å². The molecule has 1 atom stereocenters. The second-order valence-corrected chi connectivity index (χ2v) is 9.29. The van der Waals surface area contributed by atoms with Gasteiger partial charge in [0.2, 0.25) is 5.91 Å². The Balaban J connectivity index is 2.70. The van der Waals surface area contributed by atoms with Crippen LogP contribution >= 0.6 is 23.4 Å². The largest absolute Gasteiger partial charge is 0.350 e. The lowest BCUT2D eigenvalue weighted by Gasteiger charge is -2.34. The van der Waals surface area contributed by atoms with Crippen molar-refractivity contribution in [3.63, 3.8) is 0 Å². The lowest BCUT2D eigenvalue weighted by molar-refractivity contribution is -0.122. The van der Waals surface area contributed by atoms with Crippen molar-refractivity contribution in [2.45, 2.75) is 70.1 Å². The molecule has 2 nitrogen and oxygen atoms in total. The molecule has 22 heavy (non-hydrogen) atoms. The highest BCUT2D eigenvalue weighted by molar-refractivity contribution is 8.00. The van der Waals surface area contributed by atoms with Gasteiger partial charge in [-0.1, -0.05) is 39.3 Å². The van der Waals surface area contributed by atoms with Crippen molar-refractivity contribution in [2.75, 3.05) is 0 Å². The number of carbonyl (C=O) groups excluding carboxylic acids is 1. The van der Waals surface area contributed by atoms with Gasteiger partial charge < -0.3 is 5.32 Å². The SMILES string of the molecule is CC[C@@H](Sc1ccc(Cl)cc1)C(=O)NC(C)(C)CC(C)(C)C. The minimum Gasteiger partial charge on any atom is -0.350 e. The van der Waals surface area contributed by atoms with E-state index in [4.69, 9.17) is 11.6 Å². The Labute approximate surface area is 144 Å². The molecule has 1 rings (SSSR count). The third-order valence-electron chi connectivity index (χ3n) is 3.19. The molecule has 0 unspecified atom stereocenters. The van der Waals surface area contributed by atoms with Crippen LogP contribution in [-0.4, -0.2) is 16.7 Å². The molecule has 1 amide bonds. The molecule has 0 radical (unpaired) electrons. The van der Waals surface area contributed by atoms with Gasteiger partial charge in [0.05, 0.1) is 5.25 Å². The normalized spacial score (nSPS) is 13.8. The van der Waals surface area contributed by atoms with Crippen LogP contribution in [0.1, 0.15) is 54.4 Å². The van der Waals surface area contributed by atoms with E-state index in [9.17, 15) is 4.79 Å². The van der Waals surface area contributed by atoms with Crippen LogP contribution in [0.25, 0.3) is 0 Å². The summed E-state index contributed by atoms with van der Waals surface area (Å²) in [6, 6.07) is 7.64. The lowest BCUT2D eigenvalue weighted by Crippen LogP contribution is -2.48. The van der Waals surface area contributed by atoms with Crippen molar-refractivity contribution < 1.29 is 4.79 Å². The maximum Gasteiger partial charge on any atom is 0.233 e. The van der Waals surface area contributed by atoms with E-state index in [2.05, 4.69) is 39.9 Å². The third kappa shape index (κ3) is 7.06. The summed E-state index contributed by atoms with van der Waals surface area (Å²) in [5.41, 5.74) is -0.0227. The molecule has 0 aliphatic rings. The number of amides is 1. The zero-order valence-corrected chi connectivity index (χ0v) is 16.1. The maximum absolute atomic E-state index is 12.6. The van der Waals surface area contributed by atoms with Crippen LogP contribution in [0.3, 0.4) is 0 Å². The van der Waals surface area contributed by atoms with E-state index >= 15 is 0 Å². The van der Waals surface area contributed by atoms with Crippen LogP contribution < -0.4 is 5.32 Å². The minimum absolute atomic E-state index is 0.0829. The molecule has 0 saturated carbocycles. The molecule has 0 saturated heterocycles. The molecule has 4 heteroatoms. The first-order chi connectivity index (χ1) is 10.0. The Bertz CT molecular complexity index is 491. The van der Waals surface area contributed by atoms with Crippen LogP contribution in [0.4, 0.5) is 0 Å². The van der Waals surface area contributed by atoms with Crippen LogP contribution in [0.2, 0.25) is 5.02 Å². The fourth-order valence-electron chi connectivity index (χ4n) is 2.78. The fourth-order valence-corrected chi connectivity index (χ4v) is 3.86. The predicted octanol–water partition coefficient (Wildman–Crippen LogP) is 5.54. The summed E-state index contributed by atoms with van der Waals surface area (Å²) in [7, 11) is 0. The van der Waals surface area contributed by atoms with Crippen molar-refractivity contribution in [1.29, 1.82) is 0 Å². The highest BCUT2D eigenvalue weighted by Crippen LogP contribution is 2.30. The first-order valence-corrected chi connectivity index (χ1v) is 9.02. The molecule has 1 aromatic rings. The van der Waals surface area contributed by atoms with Crippen LogP contribution in [0, 0.1) is 5.41 Å². The minimum atomic E-state index is -0.205. The third-order valence-corrected chi connectivity index (χ3v) is 4.82. The number of hydrogen-bond donors (Lipinski definition) is 1. The van der Waals surface area contributed by atoms with Gasteiger partial charge >= 0.3 is 0 Å². The molecule has 0 bridgehead atoms. The monoisotopic (exact) mass is 341 g/mol. The van der Waals surface area contributed by atoms with Gasteiger partial charge in [0, 0.05) is 15.5 Å². The van der Waals surface area contributed by atoms with Crippen molar-refractivity contribution in [2.24, 2.45) is 5.41 Å². The second kappa shape index (κ2) is 7.74. The number of carbonyl (C=O) groups is 1. The van der Waals surface area contributed by atoms with Crippen molar-refractivity contribution in [1.82, 2.24) is 5.32 Å². The maximum atomic E-state index is 12.6. The number of nitrogens with one attached hydrogen (secondary N) is 1. The Morgan fingerprint density at radius 3 is 2.18 bits per heavy atom. The standard InChI is InChI=1S/C18H28ClNOS/c1-7-15(22-14-10-8-13(19)9-11-14)16(21)20-18(5,6)12-17(2,3)4/h8-11,15H,7,12H2,1-6H3,(H,20,21)/t15-/m1/s1. The van der Waals surface area contributed by atoms with Crippen LogP contribution in [0.15, 0.2) is 29.2 Å². The van der Waals surface area contributed by atoms with E-state index in [1.807, 2.05) is 31.2 Å². The van der Waals surface area contributed by atoms with Gasteiger partial charge in [0.1, 0.15) is 0 Å². The van der Waals surface area contributed by atoms with E-state index in [0.717, 1.165) is 17.7 Å². The summed E-state index contributed by atoms with van der Waals surface area (Å²) >= 11 is 7.50. The zero-order chi connectivity index (χ0) is 17.0. The Hall–Kier alpha value is -0.670. The fraction of sp³-hybridized carbons (Fsp3) is 0.611. The van der Waals surface area contributed by atoms with Gasteiger partial charge in [-0.3, -0.25) is 4.79 Å². The number of benzene rings is 1. The molecule has 1 aromatic carbocycles. The molecule has 0 aliphatic heterocycles. The number of thioether (sulfide) groups is 1. The summed E-state index contributed by atoms with van der Waals surface area (Å²) < 4.78 is 0. The zero-order valence-electron chi connectivity index (χ0n) is 14.5. The Morgan fingerprint density at radius 2 is 1.73 bits per heavy atom. The van der Waals surface area contributed by atoms with Crippen molar-refractivity contribution >= 4 is 29.3 Å². The van der Waals surface area contributed by atoms with Crippen LogP contribution in [0.5, 0.6) is 0 Å². The predicted molar refractivity (Wildman–Crippen MR) is 97.7 cm³/mol. The van der Waals surface area contributed by atoms with E-state index in [0.29, 0.717) is 5.02 Å². The highest BCUT2D eigenvalue weighted by Gasteiger charge is 2.29. The molecule has 0 heterocycles. The summed E-state index contributed by atoms with van der Waals surface area (Å²) in [5.74, 6) is 0.108. The molecule has 0 aliphatic carbocycles. The van der Waals surface area contributed by atoms with Crippen molar-refractivity contribution in [3.8, 4) is 0 Å². The van der Waals surface area contributed by atoms with Gasteiger partial charge in [-0.05, 0) is 56.4 Å². The van der Waals surface area contributed by atoms with E-state index < -0.39 is 0 Å². The summed E-state index contributed by atoms with van der Waals surface area (Å²) in [6.45, 7) is 12.8. The van der Waals surface area contributed by atoms with Gasteiger partial charge in [0.15, 0.2) is 0 Å². The van der Waals surface area contributed by atoms with E-state index in [1.165, 1.54) is 0 Å². The first-order valence-electron chi connectivity index (χ1n) is 7.77. The van der Waals surface area contributed by atoms with E-state index in [1.54, 1.807) is 11.8 Å².